The van der Waals surface area contributed by atoms with Crippen molar-refractivity contribution < 1.29 is 9.50 Å². The van der Waals surface area contributed by atoms with Crippen LogP contribution in [-0.4, -0.2) is 5.11 Å². The third kappa shape index (κ3) is 4.86. The maximum absolute atomic E-state index is 13.0. The van der Waals surface area contributed by atoms with Gasteiger partial charge in [0.05, 0.1) is 6.10 Å². The molecule has 0 saturated heterocycles. The number of benzene rings is 1. The van der Waals surface area contributed by atoms with Crippen molar-refractivity contribution in [3.05, 3.63) is 35.6 Å². The van der Waals surface area contributed by atoms with Gasteiger partial charge in [-0.15, -0.1) is 0 Å². The molecule has 1 aromatic carbocycles. The van der Waals surface area contributed by atoms with E-state index in [2.05, 4.69) is 20.8 Å². The molecule has 0 aromatic heterocycles. The summed E-state index contributed by atoms with van der Waals surface area (Å²) in [6, 6.07) is 6.24. The summed E-state index contributed by atoms with van der Waals surface area (Å²) >= 11 is 0. The molecule has 96 valence electrons. The first-order chi connectivity index (χ1) is 7.94. The number of hydrogen-bond donors (Lipinski definition) is 1. The van der Waals surface area contributed by atoms with Crippen molar-refractivity contribution in [2.45, 2.75) is 52.6 Å². The normalized spacial score (nSPS) is 13.7. The van der Waals surface area contributed by atoms with Gasteiger partial charge in [-0.2, -0.15) is 0 Å². The Balaban J connectivity index is 2.52. The van der Waals surface area contributed by atoms with Crippen molar-refractivity contribution in [3.63, 3.8) is 0 Å². The molecule has 0 radical (unpaired) electrons. The monoisotopic (exact) mass is 238 g/mol. The highest BCUT2D eigenvalue weighted by molar-refractivity contribution is 5.18. The van der Waals surface area contributed by atoms with Crippen LogP contribution in [0.1, 0.15) is 58.1 Å². The Hall–Kier alpha value is -0.890. The molecule has 0 amide bonds. The van der Waals surface area contributed by atoms with E-state index < -0.39 is 6.10 Å². The number of rotatable bonds is 6. The Morgan fingerprint density at radius 3 is 2.59 bits per heavy atom. The second-order valence-corrected chi connectivity index (χ2v) is 5.52. The van der Waals surface area contributed by atoms with E-state index in [4.69, 9.17) is 0 Å². The molecule has 1 atom stereocenters. The SMILES string of the molecule is CCCC(C)(C)CC[C@H](O)c1cccc(F)c1. The van der Waals surface area contributed by atoms with Gasteiger partial charge in [-0.3, -0.25) is 0 Å². The van der Waals surface area contributed by atoms with Crippen LogP contribution in [0.4, 0.5) is 4.39 Å². The van der Waals surface area contributed by atoms with E-state index in [0.29, 0.717) is 12.0 Å². The van der Waals surface area contributed by atoms with E-state index in [1.54, 1.807) is 12.1 Å². The van der Waals surface area contributed by atoms with Gasteiger partial charge in [0, 0.05) is 0 Å². The molecule has 0 fully saturated rings. The molecule has 0 spiro atoms. The Labute approximate surface area is 104 Å². The third-order valence-electron chi connectivity index (χ3n) is 3.25. The minimum atomic E-state index is -0.554. The fraction of sp³-hybridized carbons (Fsp3) is 0.600. The number of hydrogen-bond acceptors (Lipinski definition) is 1. The van der Waals surface area contributed by atoms with Crippen LogP contribution in [0.2, 0.25) is 0 Å². The fourth-order valence-corrected chi connectivity index (χ4v) is 2.21. The van der Waals surface area contributed by atoms with Crippen LogP contribution in [0.25, 0.3) is 0 Å². The topological polar surface area (TPSA) is 20.2 Å². The molecule has 2 heteroatoms. The van der Waals surface area contributed by atoms with Gasteiger partial charge in [-0.05, 0) is 42.4 Å². The maximum Gasteiger partial charge on any atom is 0.123 e. The number of aliphatic hydroxyl groups is 1. The summed E-state index contributed by atoms with van der Waals surface area (Å²) < 4.78 is 13.0. The summed E-state index contributed by atoms with van der Waals surface area (Å²) in [7, 11) is 0. The van der Waals surface area contributed by atoms with Gasteiger partial charge < -0.3 is 5.11 Å². The predicted molar refractivity (Wildman–Crippen MR) is 69.3 cm³/mol. The van der Waals surface area contributed by atoms with Crippen LogP contribution in [0.15, 0.2) is 24.3 Å². The summed E-state index contributed by atoms with van der Waals surface area (Å²) in [5, 5.41) is 10.0. The first-order valence-electron chi connectivity index (χ1n) is 6.38. The first kappa shape index (κ1) is 14.2. The second-order valence-electron chi connectivity index (χ2n) is 5.52. The van der Waals surface area contributed by atoms with E-state index in [1.807, 2.05) is 0 Å². The lowest BCUT2D eigenvalue weighted by Crippen LogP contribution is -2.12. The first-order valence-corrected chi connectivity index (χ1v) is 6.38. The van der Waals surface area contributed by atoms with Gasteiger partial charge in [0.15, 0.2) is 0 Å². The molecule has 1 N–H and O–H groups in total. The van der Waals surface area contributed by atoms with Crippen molar-refractivity contribution in [2.24, 2.45) is 5.41 Å². The fourth-order valence-electron chi connectivity index (χ4n) is 2.21. The van der Waals surface area contributed by atoms with E-state index in [9.17, 15) is 9.50 Å². The third-order valence-corrected chi connectivity index (χ3v) is 3.25. The summed E-state index contributed by atoms with van der Waals surface area (Å²) in [6.45, 7) is 6.61. The minimum Gasteiger partial charge on any atom is -0.388 e. The number of halogens is 1. The molecule has 0 heterocycles. The van der Waals surface area contributed by atoms with Crippen LogP contribution in [0.5, 0.6) is 0 Å². The molecule has 0 aliphatic heterocycles. The van der Waals surface area contributed by atoms with Gasteiger partial charge in [0.2, 0.25) is 0 Å². The van der Waals surface area contributed by atoms with Gasteiger partial charge in [0.1, 0.15) is 5.82 Å². The Bertz CT molecular complexity index is 347. The molecule has 17 heavy (non-hydrogen) atoms. The van der Waals surface area contributed by atoms with Crippen LogP contribution in [0.3, 0.4) is 0 Å². The molecular formula is C15H23FO. The molecule has 0 aliphatic rings. The van der Waals surface area contributed by atoms with Crippen LogP contribution in [-0.2, 0) is 0 Å². The second kappa shape index (κ2) is 6.15. The van der Waals surface area contributed by atoms with E-state index in [-0.39, 0.29) is 11.2 Å². The zero-order valence-corrected chi connectivity index (χ0v) is 11.0. The van der Waals surface area contributed by atoms with Gasteiger partial charge in [0.25, 0.3) is 0 Å². The van der Waals surface area contributed by atoms with Crippen molar-refractivity contribution in [1.82, 2.24) is 0 Å². The average molecular weight is 238 g/mol. The van der Waals surface area contributed by atoms with Gasteiger partial charge in [-0.25, -0.2) is 4.39 Å². The molecule has 0 bridgehead atoms. The van der Waals surface area contributed by atoms with Crippen molar-refractivity contribution in [2.75, 3.05) is 0 Å². The minimum absolute atomic E-state index is 0.253. The highest BCUT2D eigenvalue weighted by Crippen LogP contribution is 2.31. The van der Waals surface area contributed by atoms with Crippen molar-refractivity contribution in [3.8, 4) is 0 Å². The number of aliphatic hydroxyl groups excluding tert-OH is 1. The zero-order valence-electron chi connectivity index (χ0n) is 11.0. The Morgan fingerprint density at radius 2 is 2.00 bits per heavy atom. The molecule has 1 nitrogen and oxygen atoms in total. The zero-order chi connectivity index (χ0) is 12.9. The lowest BCUT2D eigenvalue weighted by molar-refractivity contribution is 0.140. The summed E-state index contributed by atoms with van der Waals surface area (Å²) in [5.41, 5.74) is 0.931. The van der Waals surface area contributed by atoms with E-state index in [0.717, 1.165) is 19.3 Å². The van der Waals surface area contributed by atoms with E-state index >= 15 is 0 Å². The molecule has 1 aromatic rings. The highest BCUT2D eigenvalue weighted by Gasteiger charge is 2.19. The average Bonchev–Trinajstić information content (AvgIpc) is 2.26. The van der Waals surface area contributed by atoms with E-state index in [1.165, 1.54) is 12.1 Å². The lowest BCUT2D eigenvalue weighted by atomic mass is 9.82. The summed E-state index contributed by atoms with van der Waals surface area (Å²) in [6.07, 6.45) is 3.41. The summed E-state index contributed by atoms with van der Waals surface area (Å²) in [4.78, 5) is 0. The summed E-state index contributed by atoms with van der Waals surface area (Å²) in [5.74, 6) is -0.283. The molecule has 0 unspecified atom stereocenters. The standard InChI is InChI=1S/C15H23FO/c1-4-9-15(2,3)10-8-14(17)12-6-5-7-13(16)11-12/h5-7,11,14,17H,4,8-10H2,1-3H3/t14-/m0/s1. The Morgan fingerprint density at radius 1 is 1.29 bits per heavy atom. The lowest BCUT2D eigenvalue weighted by Gasteiger charge is -2.25. The molecular weight excluding hydrogens is 215 g/mol. The van der Waals surface area contributed by atoms with Crippen LogP contribution >= 0.6 is 0 Å². The van der Waals surface area contributed by atoms with Crippen molar-refractivity contribution >= 4 is 0 Å². The predicted octanol–water partition coefficient (Wildman–Crippen LogP) is 4.47. The largest absolute Gasteiger partial charge is 0.388 e. The molecule has 0 saturated carbocycles. The Kier molecular flexibility index (Phi) is 5.13. The maximum atomic E-state index is 13.0. The van der Waals surface area contributed by atoms with Gasteiger partial charge >= 0.3 is 0 Å². The molecule has 0 aliphatic carbocycles. The molecule has 1 rings (SSSR count). The van der Waals surface area contributed by atoms with Crippen LogP contribution < -0.4 is 0 Å². The van der Waals surface area contributed by atoms with Crippen molar-refractivity contribution in [1.29, 1.82) is 0 Å². The smallest absolute Gasteiger partial charge is 0.123 e. The van der Waals surface area contributed by atoms with Gasteiger partial charge in [-0.1, -0.05) is 39.3 Å². The highest BCUT2D eigenvalue weighted by atomic mass is 19.1. The van der Waals surface area contributed by atoms with Crippen LogP contribution in [0, 0.1) is 11.2 Å². The quantitative estimate of drug-likeness (QED) is 0.775.